The fourth-order valence-electron chi connectivity index (χ4n) is 4.25. The van der Waals surface area contributed by atoms with Crippen LogP contribution < -0.4 is 0 Å². The van der Waals surface area contributed by atoms with Gasteiger partial charge in [0.2, 0.25) is 0 Å². The number of nitrogens with zero attached hydrogens (tertiary/aromatic N) is 4. The molecular formula is C17H31N5. The Balaban J connectivity index is 1.62. The van der Waals surface area contributed by atoms with Crippen LogP contribution in [0.15, 0.2) is 0 Å². The minimum Gasteiger partial charge on any atom is -0.304 e. The number of likely N-dealkylation sites (tertiary alicyclic amines) is 1. The third kappa shape index (κ3) is 3.69. The summed E-state index contributed by atoms with van der Waals surface area (Å²) in [6.07, 6.45) is 8.37. The van der Waals surface area contributed by atoms with E-state index in [4.69, 9.17) is 0 Å². The summed E-state index contributed by atoms with van der Waals surface area (Å²) in [4.78, 5) is 9.65. The molecule has 5 heteroatoms. The van der Waals surface area contributed by atoms with Crippen molar-refractivity contribution in [2.45, 2.75) is 57.4 Å². The van der Waals surface area contributed by atoms with Crippen molar-refractivity contribution in [2.75, 3.05) is 33.7 Å². The maximum absolute atomic E-state index is 4.60. The van der Waals surface area contributed by atoms with Crippen molar-refractivity contribution in [1.82, 2.24) is 25.0 Å². The number of H-pyrrole nitrogens is 1. The lowest BCUT2D eigenvalue weighted by Gasteiger charge is -2.42. The minimum absolute atomic E-state index is 0.461. The molecule has 2 fully saturated rings. The summed E-state index contributed by atoms with van der Waals surface area (Å²) in [6, 6.07) is 0.521. The Bertz CT molecular complexity index is 463. The molecule has 2 unspecified atom stereocenters. The molecule has 2 heterocycles. The second-order valence-electron chi connectivity index (χ2n) is 7.47. The first kappa shape index (κ1) is 15.9. The topological polar surface area (TPSA) is 48.1 Å². The van der Waals surface area contributed by atoms with E-state index < -0.39 is 0 Å². The van der Waals surface area contributed by atoms with Crippen LogP contribution in [0.4, 0.5) is 0 Å². The van der Waals surface area contributed by atoms with Gasteiger partial charge in [0.1, 0.15) is 5.82 Å². The standard InChI is InChI=1S/C17H31N5/c1-13-18-17(20-19-13)15-9-10-22(12-16(15)21(2)3)11-14-7-5-4-6-8-14/h14-16H,4-12H2,1-3H3,(H,18,19,20). The molecule has 2 atom stereocenters. The minimum atomic E-state index is 0.461. The summed E-state index contributed by atoms with van der Waals surface area (Å²) in [7, 11) is 4.39. The molecule has 0 aromatic carbocycles. The van der Waals surface area contributed by atoms with Crippen LogP contribution in [0.1, 0.15) is 56.1 Å². The molecule has 1 aliphatic carbocycles. The van der Waals surface area contributed by atoms with Gasteiger partial charge in [-0.05, 0) is 52.7 Å². The van der Waals surface area contributed by atoms with E-state index in [1.165, 1.54) is 51.6 Å². The highest BCUT2D eigenvalue weighted by Gasteiger charge is 2.34. The molecule has 5 nitrogen and oxygen atoms in total. The van der Waals surface area contributed by atoms with Crippen LogP contribution in [-0.2, 0) is 0 Å². The molecule has 1 N–H and O–H groups in total. The number of rotatable bonds is 4. The van der Waals surface area contributed by atoms with Gasteiger partial charge in [0, 0.05) is 25.0 Å². The number of aromatic amines is 1. The number of hydrogen-bond donors (Lipinski definition) is 1. The fraction of sp³-hybridized carbons (Fsp3) is 0.882. The zero-order valence-electron chi connectivity index (χ0n) is 14.4. The van der Waals surface area contributed by atoms with Gasteiger partial charge < -0.3 is 9.80 Å². The van der Waals surface area contributed by atoms with Crippen molar-refractivity contribution in [3.8, 4) is 0 Å². The number of likely N-dealkylation sites (N-methyl/N-ethyl adjacent to an activating group) is 1. The summed E-state index contributed by atoms with van der Waals surface area (Å²) in [5.41, 5.74) is 0. The predicted octanol–water partition coefficient (Wildman–Crippen LogP) is 2.41. The van der Waals surface area contributed by atoms with Gasteiger partial charge in [0.25, 0.3) is 0 Å². The van der Waals surface area contributed by atoms with Crippen LogP contribution in [0, 0.1) is 12.8 Å². The zero-order valence-corrected chi connectivity index (χ0v) is 14.4. The van der Waals surface area contributed by atoms with Crippen LogP contribution in [0.5, 0.6) is 0 Å². The molecule has 1 saturated carbocycles. The molecule has 22 heavy (non-hydrogen) atoms. The second-order valence-corrected chi connectivity index (χ2v) is 7.47. The van der Waals surface area contributed by atoms with E-state index in [2.05, 4.69) is 39.1 Å². The number of nitrogens with one attached hydrogen (secondary N) is 1. The van der Waals surface area contributed by atoms with Crippen molar-refractivity contribution >= 4 is 0 Å². The van der Waals surface area contributed by atoms with Gasteiger partial charge in [-0.15, -0.1) is 0 Å². The summed E-state index contributed by atoms with van der Waals surface area (Å²) in [5.74, 6) is 3.33. The molecule has 0 spiro atoms. The van der Waals surface area contributed by atoms with Crippen LogP contribution in [0.2, 0.25) is 0 Å². The SMILES string of the molecule is Cc1nc(C2CCN(CC3CCCCC3)CC2N(C)C)n[nH]1. The molecule has 124 valence electrons. The maximum Gasteiger partial charge on any atom is 0.155 e. The summed E-state index contributed by atoms with van der Waals surface area (Å²) >= 11 is 0. The van der Waals surface area contributed by atoms with E-state index in [0.717, 1.165) is 24.1 Å². The predicted molar refractivity (Wildman–Crippen MR) is 89.0 cm³/mol. The molecule has 0 bridgehead atoms. The van der Waals surface area contributed by atoms with Crippen LogP contribution in [-0.4, -0.2) is 64.8 Å². The lowest BCUT2D eigenvalue weighted by molar-refractivity contribution is 0.0911. The monoisotopic (exact) mass is 305 g/mol. The lowest BCUT2D eigenvalue weighted by Crippen LogP contribution is -2.50. The summed E-state index contributed by atoms with van der Waals surface area (Å²) in [6.45, 7) is 5.63. The average molecular weight is 305 g/mol. The first-order valence-electron chi connectivity index (χ1n) is 8.91. The molecule has 0 radical (unpaired) electrons. The van der Waals surface area contributed by atoms with E-state index in [-0.39, 0.29) is 0 Å². The van der Waals surface area contributed by atoms with E-state index in [9.17, 15) is 0 Å². The Morgan fingerprint density at radius 1 is 1.18 bits per heavy atom. The van der Waals surface area contributed by atoms with Crippen LogP contribution >= 0.6 is 0 Å². The first-order chi connectivity index (χ1) is 10.6. The summed E-state index contributed by atoms with van der Waals surface area (Å²) in [5, 5.41) is 7.44. The van der Waals surface area contributed by atoms with Gasteiger partial charge in [-0.25, -0.2) is 4.98 Å². The first-order valence-corrected chi connectivity index (χ1v) is 8.91. The third-order valence-electron chi connectivity index (χ3n) is 5.52. The number of aryl methyl sites for hydroxylation is 1. The fourth-order valence-corrected chi connectivity index (χ4v) is 4.25. The van der Waals surface area contributed by atoms with Gasteiger partial charge >= 0.3 is 0 Å². The Kier molecular flexibility index (Phi) is 5.14. The van der Waals surface area contributed by atoms with Crippen molar-refractivity contribution in [2.24, 2.45) is 5.92 Å². The van der Waals surface area contributed by atoms with E-state index >= 15 is 0 Å². The quantitative estimate of drug-likeness (QED) is 0.928. The molecule has 3 rings (SSSR count). The van der Waals surface area contributed by atoms with Gasteiger partial charge in [-0.2, -0.15) is 5.10 Å². The van der Waals surface area contributed by atoms with Crippen LogP contribution in [0.3, 0.4) is 0 Å². The Hall–Kier alpha value is -0.940. The van der Waals surface area contributed by atoms with Gasteiger partial charge in [-0.1, -0.05) is 19.3 Å². The molecule has 0 amide bonds. The van der Waals surface area contributed by atoms with E-state index in [0.29, 0.717) is 12.0 Å². The highest BCUT2D eigenvalue weighted by molar-refractivity contribution is 5.05. The largest absolute Gasteiger partial charge is 0.304 e. The van der Waals surface area contributed by atoms with Gasteiger partial charge in [0.05, 0.1) is 0 Å². The lowest BCUT2D eigenvalue weighted by atomic mass is 9.86. The van der Waals surface area contributed by atoms with E-state index in [1.54, 1.807) is 0 Å². The van der Waals surface area contributed by atoms with Crippen molar-refractivity contribution in [1.29, 1.82) is 0 Å². The molecular weight excluding hydrogens is 274 g/mol. The molecule has 1 aliphatic heterocycles. The summed E-state index contributed by atoms with van der Waals surface area (Å²) < 4.78 is 0. The number of hydrogen-bond acceptors (Lipinski definition) is 4. The molecule has 2 aliphatic rings. The highest BCUT2D eigenvalue weighted by Crippen LogP contribution is 2.31. The zero-order chi connectivity index (χ0) is 15.5. The normalized spacial score (nSPS) is 28.4. The van der Waals surface area contributed by atoms with Gasteiger partial charge in [-0.3, -0.25) is 5.10 Å². The molecule has 1 saturated heterocycles. The Labute approximate surface area is 134 Å². The molecule has 1 aromatic heterocycles. The van der Waals surface area contributed by atoms with Crippen LogP contribution in [0.25, 0.3) is 0 Å². The number of aromatic nitrogens is 3. The maximum atomic E-state index is 4.60. The highest BCUT2D eigenvalue weighted by atomic mass is 15.3. The van der Waals surface area contributed by atoms with Crippen molar-refractivity contribution in [3.05, 3.63) is 11.6 Å². The number of piperidine rings is 1. The third-order valence-corrected chi connectivity index (χ3v) is 5.52. The van der Waals surface area contributed by atoms with Gasteiger partial charge in [0.15, 0.2) is 5.82 Å². The van der Waals surface area contributed by atoms with Crippen molar-refractivity contribution < 1.29 is 0 Å². The smallest absolute Gasteiger partial charge is 0.155 e. The second kappa shape index (κ2) is 7.09. The average Bonchev–Trinajstić information content (AvgIpc) is 2.94. The van der Waals surface area contributed by atoms with E-state index in [1.807, 2.05) is 6.92 Å². The van der Waals surface area contributed by atoms with Crippen molar-refractivity contribution in [3.63, 3.8) is 0 Å². The Morgan fingerprint density at radius 3 is 2.59 bits per heavy atom. The molecule has 1 aromatic rings. The Morgan fingerprint density at radius 2 is 1.95 bits per heavy atom.